The molecule has 1 unspecified atom stereocenters. The molecule has 0 amide bonds. The minimum atomic E-state index is -0.955. The predicted molar refractivity (Wildman–Crippen MR) is 55.8 cm³/mol. The smallest absolute Gasteiger partial charge is 0.308 e. The zero-order valence-electron chi connectivity index (χ0n) is 9.67. The van der Waals surface area contributed by atoms with Crippen molar-refractivity contribution in [2.75, 3.05) is 6.61 Å². The van der Waals surface area contributed by atoms with Crippen LogP contribution >= 0.6 is 0 Å². The van der Waals surface area contributed by atoms with Crippen molar-refractivity contribution in [2.24, 2.45) is 0 Å². The van der Waals surface area contributed by atoms with Crippen LogP contribution in [0.3, 0.4) is 0 Å². The first-order chi connectivity index (χ1) is 8.02. The summed E-state index contributed by atoms with van der Waals surface area (Å²) >= 11 is 0. The fourth-order valence-electron chi connectivity index (χ4n) is 1.31. The molecule has 17 heavy (non-hydrogen) atoms. The third-order valence-electron chi connectivity index (χ3n) is 1.97. The number of hydrogen-bond donors (Lipinski definition) is 0. The lowest BCUT2D eigenvalue weighted by atomic mass is 10.1. The Kier molecular flexibility index (Phi) is 4.84. The molecule has 2 atom stereocenters. The van der Waals surface area contributed by atoms with Crippen molar-refractivity contribution in [1.82, 2.24) is 0 Å². The van der Waals surface area contributed by atoms with Crippen LogP contribution in [0.1, 0.15) is 20.3 Å². The fourth-order valence-corrected chi connectivity index (χ4v) is 1.31. The molecule has 0 radical (unpaired) electrons. The van der Waals surface area contributed by atoms with Crippen LogP contribution in [-0.4, -0.2) is 36.7 Å². The van der Waals surface area contributed by atoms with Crippen molar-refractivity contribution >= 4 is 17.7 Å². The van der Waals surface area contributed by atoms with Gasteiger partial charge in [-0.15, -0.1) is 0 Å². The lowest BCUT2D eigenvalue weighted by Crippen LogP contribution is -2.35. The molecule has 0 bridgehead atoms. The molecule has 0 aromatic heterocycles. The van der Waals surface area contributed by atoms with Crippen molar-refractivity contribution in [3.05, 3.63) is 12.2 Å². The average molecular weight is 242 g/mol. The van der Waals surface area contributed by atoms with E-state index in [2.05, 4.69) is 0 Å². The van der Waals surface area contributed by atoms with E-state index in [1.807, 2.05) is 0 Å². The Morgan fingerprint density at radius 2 is 2.18 bits per heavy atom. The summed E-state index contributed by atoms with van der Waals surface area (Å²) in [6, 6.07) is 0. The van der Waals surface area contributed by atoms with Crippen LogP contribution in [0.2, 0.25) is 0 Å². The highest BCUT2D eigenvalue weighted by Gasteiger charge is 2.29. The molecule has 0 aromatic carbocycles. The first-order valence-electron chi connectivity index (χ1n) is 5.23. The largest absolute Gasteiger partial charge is 0.466 e. The van der Waals surface area contributed by atoms with Crippen LogP contribution in [0.15, 0.2) is 12.2 Å². The normalized spacial score (nSPS) is 23.3. The molecule has 0 saturated heterocycles. The summed E-state index contributed by atoms with van der Waals surface area (Å²) in [5, 5.41) is 0. The van der Waals surface area contributed by atoms with Gasteiger partial charge in [-0.3, -0.25) is 14.4 Å². The van der Waals surface area contributed by atoms with E-state index in [0.29, 0.717) is 0 Å². The molecule has 0 fully saturated rings. The van der Waals surface area contributed by atoms with E-state index in [1.165, 1.54) is 19.1 Å². The summed E-state index contributed by atoms with van der Waals surface area (Å²) in [4.78, 5) is 33.3. The maximum Gasteiger partial charge on any atom is 0.308 e. The van der Waals surface area contributed by atoms with Gasteiger partial charge in [-0.1, -0.05) is 0 Å². The second-order valence-corrected chi connectivity index (χ2v) is 3.37. The van der Waals surface area contributed by atoms with E-state index in [9.17, 15) is 14.4 Å². The van der Waals surface area contributed by atoms with Gasteiger partial charge in [0.05, 0.1) is 13.0 Å². The predicted octanol–water partition coefficient (Wildman–Crippen LogP) is 0.353. The Bertz CT molecular complexity index is 346. The van der Waals surface area contributed by atoms with E-state index in [-0.39, 0.29) is 18.8 Å². The maximum atomic E-state index is 11.4. The van der Waals surface area contributed by atoms with Crippen molar-refractivity contribution < 1.29 is 28.6 Å². The zero-order chi connectivity index (χ0) is 12.8. The number of esters is 2. The summed E-state index contributed by atoms with van der Waals surface area (Å²) in [6.45, 7) is 3.14. The summed E-state index contributed by atoms with van der Waals surface area (Å²) in [7, 11) is 0. The first-order valence-corrected chi connectivity index (χ1v) is 5.23. The van der Waals surface area contributed by atoms with Gasteiger partial charge in [0.25, 0.3) is 0 Å². The van der Waals surface area contributed by atoms with E-state index < -0.39 is 24.3 Å². The highest BCUT2D eigenvalue weighted by Crippen LogP contribution is 2.14. The molecule has 94 valence electrons. The van der Waals surface area contributed by atoms with Gasteiger partial charge in [-0.25, -0.2) is 0 Å². The van der Waals surface area contributed by atoms with Gasteiger partial charge in [-0.05, 0) is 19.1 Å². The second kappa shape index (κ2) is 6.15. The van der Waals surface area contributed by atoms with E-state index in [4.69, 9.17) is 14.2 Å². The number of carbonyl (C=O) groups excluding carboxylic acids is 3. The molecule has 0 spiro atoms. The van der Waals surface area contributed by atoms with Crippen molar-refractivity contribution in [3.8, 4) is 0 Å². The molecule has 1 aliphatic heterocycles. The van der Waals surface area contributed by atoms with Crippen molar-refractivity contribution in [3.63, 3.8) is 0 Å². The Balaban J connectivity index is 2.55. The molecule has 0 saturated carbocycles. The van der Waals surface area contributed by atoms with Gasteiger partial charge in [0.1, 0.15) is 6.10 Å². The van der Waals surface area contributed by atoms with Gasteiger partial charge in [0.2, 0.25) is 6.29 Å². The Hall–Kier alpha value is -1.69. The first kappa shape index (κ1) is 13.4. The highest BCUT2D eigenvalue weighted by atomic mass is 16.7. The molecule has 1 rings (SSSR count). The number of ketones is 1. The third kappa shape index (κ3) is 4.36. The summed E-state index contributed by atoms with van der Waals surface area (Å²) in [5.74, 6) is -1.40. The number of hydrogen-bond acceptors (Lipinski definition) is 6. The minimum Gasteiger partial charge on any atom is -0.466 e. The molecule has 0 N–H and O–H groups in total. The zero-order valence-corrected chi connectivity index (χ0v) is 9.67. The van der Waals surface area contributed by atoms with E-state index in [0.717, 1.165) is 0 Å². The molecule has 0 aromatic rings. The lowest BCUT2D eigenvalue weighted by Gasteiger charge is -2.23. The number of ether oxygens (including phenoxy) is 3. The molecule has 1 heterocycles. The summed E-state index contributed by atoms with van der Waals surface area (Å²) in [6.07, 6.45) is 0.495. The maximum absolute atomic E-state index is 11.4. The van der Waals surface area contributed by atoms with Crippen LogP contribution in [0.5, 0.6) is 0 Å². The van der Waals surface area contributed by atoms with Crippen molar-refractivity contribution in [1.29, 1.82) is 0 Å². The minimum absolute atomic E-state index is 0.186. The fraction of sp³-hybridized carbons (Fsp3) is 0.545. The van der Waals surface area contributed by atoms with E-state index >= 15 is 0 Å². The Morgan fingerprint density at radius 1 is 1.47 bits per heavy atom. The standard InChI is InChI=1S/C11H14O6/c1-3-15-10(14)6-9-8(13)4-5-11(17-9)16-7(2)12/h4-5,9,11H,3,6H2,1-2H3/t9-,11?/m1/s1. The molecular formula is C11H14O6. The Morgan fingerprint density at radius 3 is 2.76 bits per heavy atom. The average Bonchev–Trinajstić information content (AvgIpc) is 2.22. The monoisotopic (exact) mass is 242 g/mol. The lowest BCUT2D eigenvalue weighted by molar-refractivity contribution is -0.182. The second-order valence-electron chi connectivity index (χ2n) is 3.37. The molecule has 1 aliphatic rings. The summed E-state index contributed by atoms with van der Waals surface area (Å²) < 4.78 is 14.6. The third-order valence-corrected chi connectivity index (χ3v) is 1.97. The summed E-state index contributed by atoms with van der Waals surface area (Å²) in [5.41, 5.74) is 0. The van der Waals surface area contributed by atoms with Crippen molar-refractivity contribution in [2.45, 2.75) is 32.7 Å². The van der Waals surface area contributed by atoms with Gasteiger partial charge < -0.3 is 14.2 Å². The number of rotatable bonds is 4. The Labute approximate surface area is 98.5 Å². The highest BCUT2D eigenvalue weighted by molar-refractivity contribution is 5.96. The molecule has 6 nitrogen and oxygen atoms in total. The van der Waals surface area contributed by atoms with Crippen LogP contribution in [0.25, 0.3) is 0 Å². The van der Waals surface area contributed by atoms with Gasteiger partial charge in [0, 0.05) is 6.92 Å². The van der Waals surface area contributed by atoms with Crippen LogP contribution in [-0.2, 0) is 28.6 Å². The molecule has 0 aliphatic carbocycles. The van der Waals surface area contributed by atoms with Gasteiger partial charge >= 0.3 is 11.9 Å². The van der Waals surface area contributed by atoms with Gasteiger partial charge in [-0.2, -0.15) is 0 Å². The van der Waals surface area contributed by atoms with Crippen LogP contribution in [0.4, 0.5) is 0 Å². The molecular weight excluding hydrogens is 228 g/mol. The quantitative estimate of drug-likeness (QED) is 0.662. The number of carbonyl (C=O) groups is 3. The topological polar surface area (TPSA) is 78.9 Å². The van der Waals surface area contributed by atoms with Crippen LogP contribution < -0.4 is 0 Å². The molecule has 6 heteroatoms. The van der Waals surface area contributed by atoms with E-state index in [1.54, 1.807) is 6.92 Å². The van der Waals surface area contributed by atoms with Gasteiger partial charge in [0.15, 0.2) is 5.78 Å². The van der Waals surface area contributed by atoms with Crippen LogP contribution in [0, 0.1) is 0 Å². The SMILES string of the molecule is CCOC(=O)C[C@H]1OC(OC(C)=O)C=CC1=O.